The van der Waals surface area contributed by atoms with Gasteiger partial charge < -0.3 is 4.52 Å². The first-order valence-corrected chi connectivity index (χ1v) is 9.56. The van der Waals surface area contributed by atoms with Gasteiger partial charge in [0, 0.05) is 5.92 Å². The van der Waals surface area contributed by atoms with E-state index in [-0.39, 0.29) is 23.3 Å². The summed E-state index contributed by atoms with van der Waals surface area (Å²) in [4.78, 5) is 4.54. The molecule has 2 aliphatic rings. The van der Waals surface area contributed by atoms with Crippen LogP contribution in [-0.2, 0) is 16.3 Å². The highest BCUT2D eigenvalue weighted by molar-refractivity contribution is 7.91. The molecule has 1 aromatic carbocycles. The fourth-order valence-corrected chi connectivity index (χ4v) is 5.30. The van der Waals surface area contributed by atoms with Crippen LogP contribution in [0, 0.1) is 0 Å². The molecule has 6 heteroatoms. The molecule has 0 radical (unpaired) electrons. The van der Waals surface area contributed by atoms with Gasteiger partial charge in [0.25, 0.3) is 0 Å². The maximum Gasteiger partial charge on any atom is 0.230 e. The number of sulfone groups is 1. The second-order valence-electron chi connectivity index (χ2n) is 6.23. The topological polar surface area (TPSA) is 73.1 Å². The molecule has 0 N–H and O–H groups in total. The molecule has 4 rings (SSSR count). The molecule has 2 atom stereocenters. The third kappa shape index (κ3) is 2.45. The van der Waals surface area contributed by atoms with Crippen LogP contribution in [0.3, 0.4) is 0 Å². The molecule has 0 amide bonds. The highest BCUT2D eigenvalue weighted by Crippen LogP contribution is 2.36. The Hall–Kier alpha value is -1.69. The SMILES string of the molecule is O=S1(=O)CC[C@H](c2nc([C@H]3CCCc4ccccc43)no2)C1. The van der Waals surface area contributed by atoms with Gasteiger partial charge in [0.05, 0.1) is 17.4 Å². The smallest absolute Gasteiger partial charge is 0.230 e. The molecule has 22 heavy (non-hydrogen) atoms. The summed E-state index contributed by atoms with van der Waals surface area (Å²) in [5.74, 6) is 1.58. The van der Waals surface area contributed by atoms with Crippen LogP contribution >= 0.6 is 0 Å². The molecule has 1 aliphatic carbocycles. The van der Waals surface area contributed by atoms with Gasteiger partial charge in [-0.05, 0) is 36.8 Å². The zero-order chi connectivity index (χ0) is 15.2. The minimum absolute atomic E-state index is 0.134. The summed E-state index contributed by atoms with van der Waals surface area (Å²) >= 11 is 0. The third-order valence-electron chi connectivity index (χ3n) is 4.72. The van der Waals surface area contributed by atoms with Gasteiger partial charge in [-0.3, -0.25) is 0 Å². The van der Waals surface area contributed by atoms with Gasteiger partial charge in [-0.2, -0.15) is 4.98 Å². The van der Waals surface area contributed by atoms with Crippen molar-refractivity contribution in [3.05, 3.63) is 47.1 Å². The Kier molecular flexibility index (Phi) is 3.29. The number of fused-ring (bicyclic) bond motifs is 1. The number of aryl methyl sites for hydroxylation is 1. The van der Waals surface area contributed by atoms with E-state index in [0.717, 1.165) is 19.3 Å². The van der Waals surface area contributed by atoms with Crippen molar-refractivity contribution in [1.29, 1.82) is 0 Å². The summed E-state index contributed by atoms with van der Waals surface area (Å²) < 4.78 is 28.6. The zero-order valence-corrected chi connectivity index (χ0v) is 13.1. The number of hydrogen-bond acceptors (Lipinski definition) is 5. The highest BCUT2D eigenvalue weighted by atomic mass is 32.2. The number of nitrogens with zero attached hydrogens (tertiary/aromatic N) is 2. The maximum atomic E-state index is 11.6. The molecule has 0 saturated carbocycles. The summed E-state index contributed by atoms with van der Waals surface area (Å²) in [6.45, 7) is 0. The van der Waals surface area contributed by atoms with Crippen LogP contribution in [0.2, 0.25) is 0 Å². The Balaban J connectivity index is 1.63. The van der Waals surface area contributed by atoms with E-state index in [0.29, 0.717) is 18.1 Å². The van der Waals surface area contributed by atoms with Crippen molar-refractivity contribution in [2.75, 3.05) is 11.5 Å². The monoisotopic (exact) mass is 318 g/mol. The average Bonchev–Trinajstić information content (AvgIpc) is 3.13. The van der Waals surface area contributed by atoms with Gasteiger partial charge >= 0.3 is 0 Å². The molecule has 0 unspecified atom stereocenters. The highest BCUT2D eigenvalue weighted by Gasteiger charge is 2.34. The van der Waals surface area contributed by atoms with E-state index in [1.807, 2.05) is 6.07 Å². The van der Waals surface area contributed by atoms with E-state index in [9.17, 15) is 8.42 Å². The predicted molar refractivity (Wildman–Crippen MR) is 81.5 cm³/mol. The van der Waals surface area contributed by atoms with Crippen molar-refractivity contribution in [1.82, 2.24) is 10.1 Å². The normalized spacial score (nSPS) is 26.7. The lowest BCUT2D eigenvalue weighted by atomic mass is 9.82. The fraction of sp³-hybridized carbons (Fsp3) is 0.500. The Morgan fingerprint density at radius 2 is 2.05 bits per heavy atom. The van der Waals surface area contributed by atoms with Crippen LogP contribution in [0.1, 0.15) is 53.9 Å². The van der Waals surface area contributed by atoms with Gasteiger partial charge in [0.15, 0.2) is 15.7 Å². The molecule has 1 aliphatic heterocycles. The van der Waals surface area contributed by atoms with Crippen molar-refractivity contribution in [2.45, 2.75) is 37.5 Å². The quantitative estimate of drug-likeness (QED) is 0.850. The van der Waals surface area contributed by atoms with Crippen molar-refractivity contribution in [2.24, 2.45) is 0 Å². The Bertz CT molecular complexity index is 797. The standard InChI is InChI=1S/C16H18N2O3S/c19-22(20)9-8-12(10-22)16-17-15(18-21-16)14-7-3-5-11-4-1-2-6-13(11)14/h1-2,4,6,12,14H,3,5,7-10H2/t12-,14-/m0/s1. The molecular formula is C16H18N2O3S. The second kappa shape index (κ2) is 5.19. The minimum atomic E-state index is -2.94. The lowest BCUT2D eigenvalue weighted by molar-refractivity contribution is 0.353. The summed E-state index contributed by atoms with van der Waals surface area (Å²) in [7, 11) is -2.94. The first-order valence-electron chi connectivity index (χ1n) is 7.74. The molecule has 2 aromatic rings. The lowest BCUT2D eigenvalue weighted by Crippen LogP contribution is -2.12. The number of hydrogen-bond donors (Lipinski definition) is 0. The third-order valence-corrected chi connectivity index (χ3v) is 6.49. The number of benzene rings is 1. The predicted octanol–water partition coefficient (Wildman–Crippen LogP) is 2.44. The molecule has 1 saturated heterocycles. The fourth-order valence-electron chi connectivity index (χ4n) is 3.57. The van der Waals surface area contributed by atoms with Gasteiger partial charge in [0.2, 0.25) is 5.89 Å². The van der Waals surface area contributed by atoms with E-state index in [1.165, 1.54) is 11.1 Å². The zero-order valence-electron chi connectivity index (χ0n) is 12.2. The summed E-state index contributed by atoms with van der Waals surface area (Å²) in [6, 6.07) is 8.40. The van der Waals surface area contributed by atoms with E-state index in [4.69, 9.17) is 4.52 Å². The van der Waals surface area contributed by atoms with Crippen LogP contribution in [0.15, 0.2) is 28.8 Å². The number of aromatic nitrogens is 2. The van der Waals surface area contributed by atoms with E-state index in [2.05, 4.69) is 28.3 Å². The molecule has 0 bridgehead atoms. The van der Waals surface area contributed by atoms with Gasteiger partial charge in [-0.1, -0.05) is 29.4 Å². The molecule has 1 fully saturated rings. The van der Waals surface area contributed by atoms with E-state index >= 15 is 0 Å². The second-order valence-corrected chi connectivity index (χ2v) is 8.46. The molecular weight excluding hydrogens is 300 g/mol. The van der Waals surface area contributed by atoms with E-state index in [1.54, 1.807) is 0 Å². The van der Waals surface area contributed by atoms with Gasteiger partial charge in [-0.25, -0.2) is 8.42 Å². The van der Waals surface area contributed by atoms with Crippen LogP contribution in [0.25, 0.3) is 0 Å². The van der Waals surface area contributed by atoms with Crippen molar-refractivity contribution < 1.29 is 12.9 Å². The Morgan fingerprint density at radius 1 is 1.18 bits per heavy atom. The van der Waals surface area contributed by atoms with Crippen LogP contribution < -0.4 is 0 Å². The molecule has 0 spiro atoms. The van der Waals surface area contributed by atoms with Crippen molar-refractivity contribution >= 4 is 9.84 Å². The summed E-state index contributed by atoms with van der Waals surface area (Å²) in [5.41, 5.74) is 2.63. The maximum absolute atomic E-state index is 11.6. The Morgan fingerprint density at radius 3 is 2.86 bits per heavy atom. The van der Waals surface area contributed by atoms with Crippen molar-refractivity contribution in [3.63, 3.8) is 0 Å². The van der Waals surface area contributed by atoms with Gasteiger partial charge in [0.1, 0.15) is 0 Å². The summed E-state index contributed by atoms with van der Waals surface area (Å²) in [6.07, 6.45) is 3.81. The van der Waals surface area contributed by atoms with Crippen LogP contribution in [-0.4, -0.2) is 30.1 Å². The number of rotatable bonds is 2. The molecule has 5 nitrogen and oxygen atoms in total. The first-order chi connectivity index (χ1) is 10.6. The molecule has 116 valence electrons. The van der Waals surface area contributed by atoms with Crippen LogP contribution in [0.4, 0.5) is 0 Å². The average molecular weight is 318 g/mol. The lowest BCUT2D eigenvalue weighted by Gasteiger charge is -2.22. The largest absolute Gasteiger partial charge is 0.339 e. The van der Waals surface area contributed by atoms with Crippen molar-refractivity contribution in [3.8, 4) is 0 Å². The molecule has 2 heterocycles. The van der Waals surface area contributed by atoms with Gasteiger partial charge in [-0.15, -0.1) is 0 Å². The first kappa shape index (κ1) is 13.9. The van der Waals surface area contributed by atoms with Crippen LogP contribution in [0.5, 0.6) is 0 Å². The molecule has 1 aromatic heterocycles. The summed E-state index contributed by atoms with van der Waals surface area (Å²) in [5, 5.41) is 4.15. The minimum Gasteiger partial charge on any atom is -0.339 e. The Labute approximate surface area is 129 Å². The van der Waals surface area contributed by atoms with E-state index < -0.39 is 9.84 Å².